The van der Waals surface area contributed by atoms with Crippen LogP contribution in [0.15, 0.2) is 12.1 Å². The number of rotatable bonds is 1. The van der Waals surface area contributed by atoms with Crippen LogP contribution in [0.2, 0.25) is 0 Å². The monoisotopic (exact) mass is 236 g/mol. The Labute approximate surface area is 92.9 Å². The van der Waals surface area contributed by atoms with Gasteiger partial charge in [-0.15, -0.1) is 5.10 Å². The van der Waals surface area contributed by atoms with Gasteiger partial charge in [0.25, 0.3) is 0 Å². The lowest BCUT2D eigenvalue weighted by Gasteiger charge is -1.91. The molecule has 8 heteroatoms. The predicted octanol–water partition coefficient (Wildman–Crippen LogP) is 1.21. The maximum atomic E-state index is 13.4. The van der Waals surface area contributed by atoms with Crippen molar-refractivity contribution in [3.05, 3.63) is 23.8 Å². The molecule has 0 amide bonds. The summed E-state index contributed by atoms with van der Waals surface area (Å²) in [5.41, 5.74) is 5.62. The Morgan fingerprint density at radius 3 is 2.65 bits per heavy atom. The van der Waals surface area contributed by atoms with Gasteiger partial charge in [0.05, 0.1) is 5.52 Å². The van der Waals surface area contributed by atoms with Crippen molar-refractivity contribution >= 4 is 17.0 Å². The second-order valence-electron chi connectivity index (χ2n) is 3.39. The molecule has 0 aliphatic carbocycles. The summed E-state index contributed by atoms with van der Waals surface area (Å²) in [6.45, 7) is 0. The minimum atomic E-state index is -1.00. The summed E-state index contributed by atoms with van der Waals surface area (Å²) in [7, 11) is 0. The molecule has 0 radical (unpaired) electrons. The number of imidazole rings is 1. The van der Waals surface area contributed by atoms with Crippen molar-refractivity contribution in [2.45, 2.75) is 0 Å². The van der Waals surface area contributed by atoms with Crippen LogP contribution in [-0.2, 0) is 0 Å². The van der Waals surface area contributed by atoms with E-state index in [1.54, 1.807) is 0 Å². The van der Waals surface area contributed by atoms with Crippen molar-refractivity contribution < 1.29 is 8.78 Å². The minimum Gasteiger partial charge on any atom is -0.366 e. The fourth-order valence-electron chi connectivity index (χ4n) is 1.51. The molecular weight excluding hydrogens is 230 g/mol. The van der Waals surface area contributed by atoms with Gasteiger partial charge in [-0.1, -0.05) is 0 Å². The molecule has 0 aliphatic rings. The SMILES string of the molecule is Nc1n[nH]c(-c2nc3c(F)c(F)ccc3[nH]2)n1. The molecule has 0 saturated heterocycles. The second-order valence-corrected chi connectivity index (χ2v) is 3.39. The summed E-state index contributed by atoms with van der Waals surface area (Å²) in [5.74, 6) is -1.40. The quantitative estimate of drug-likeness (QED) is 0.591. The third-order valence-electron chi connectivity index (χ3n) is 2.27. The van der Waals surface area contributed by atoms with E-state index in [-0.39, 0.29) is 23.1 Å². The lowest BCUT2D eigenvalue weighted by molar-refractivity contribution is 0.515. The maximum absolute atomic E-state index is 13.4. The fourth-order valence-corrected chi connectivity index (χ4v) is 1.51. The van der Waals surface area contributed by atoms with E-state index in [2.05, 4.69) is 25.1 Å². The molecule has 0 aliphatic heterocycles. The zero-order valence-electron chi connectivity index (χ0n) is 8.33. The van der Waals surface area contributed by atoms with Crippen LogP contribution in [0.5, 0.6) is 0 Å². The van der Waals surface area contributed by atoms with Gasteiger partial charge in [-0.25, -0.2) is 13.8 Å². The van der Waals surface area contributed by atoms with Gasteiger partial charge in [0.1, 0.15) is 5.52 Å². The molecule has 0 unspecified atom stereocenters. The standard InChI is InChI=1S/C9H6F2N6/c10-3-1-2-4-6(5(3)11)14-7(13-4)8-15-9(12)17-16-8/h1-2H,(H,13,14)(H3,12,15,16,17). The summed E-state index contributed by atoms with van der Waals surface area (Å²) in [5, 5.41) is 6.14. The van der Waals surface area contributed by atoms with Crippen molar-refractivity contribution in [1.82, 2.24) is 25.1 Å². The fraction of sp³-hybridized carbons (Fsp3) is 0. The molecule has 0 spiro atoms. The first-order valence-electron chi connectivity index (χ1n) is 4.67. The predicted molar refractivity (Wildman–Crippen MR) is 55.8 cm³/mol. The highest BCUT2D eigenvalue weighted by Crippen LogP contribution is 2.21. The number of aromatic amines is 2. The lowest BCUT2D eigenvalue weighted by atomic mass is 10.3. The molecule has 0 atom stereocenters. The molecular formula is C9H6F2N6. The van der Waals surface area contributed by atoms with Gasteiger partial charge in [-0.3, -0.25) is 5.10 Å². The molecule has 17 heavy (non-hydrogen) atoms. The highest BCUT2D eigenvalue weighted by atomic mass is 19.2. The van der Waals surface area contributed by atoms with Crippen LogP contribution < -0.4 is 5.73 Å². The Kier molecular flexibility index (Phi) is 1.85. The van der Waals surface area contributed by atoms with Gasteiger partial charge in [-0.05, 0) is 12.1 Å². The van der Waals surface area contributed by atoms with Crippen LogP contribution in [0.25, 0.3) is 22.7 Å². The van der Waals surface area contributed by atoms with Crippen molar-refractivity contribution in [2.75, 3.05) is 5.73 Å². The molecule has 0 fully saturated rings. The van der Waals surface area contributed by atoms with Gasteiger partial charge in [0.2, 0.25) is 5.95 Å². The number of benzene rings is 1. The molecule has 4 N–H and O–H groups in total. The van der Waals surface area contributed by atoms with Crippen LogP contribution >= 0.6 is 0 Å². The third kappa shape index (κ3) is 1.41. The van der Waals surface area contributed by atoms with E-state index in [0.717, 1.165) is 6.07 Å². The average Bonchev–Trinajstić information content (AvgIpc) is 2.90. The minimum absolute atomic E-state index is 0.0482. The molecule has 86 valence electrons. The summed E-state index contributed by atoms with van der Waals surface area (Å²) >= 11 is 0. The van der Waals surface area contributed by atoms with Gasteiger partial charge >= 0.3 is 0 Å². The Hall–Kier alpha value is -2.51. The number of anilines is 1. The lowest BCUT2D eigenvalue weighted by Crippen LogP contribution is -1.86. The van der Waals surface area contributed by atoms with E-state index in [1.165, 1.54) is 6.07 Å². The number of halogens is 2. The zero-order valence-corrected chi connectivity index (χ0v) is 8.33. The van der Waals surface area contributed by atoms with Gasteiger partial charge < -0.3 is 10.7 Å². The number of H-pyrrole nitrogens is 2. The molecule has 1 aromatic carbocycles. The van der Waals surface area contributed by atoms with E-state index in [9.17, 15) is 8.78 Å². The molecule has 2 heterocycles. The number of nitrogen functional groups attached to an aromatic ring is 1. The molecule has 3 rings (SSSR count). The Morgan fingerprint density at radius 2 is 1.94 bits per heavy atom. The van der Waals surface area contributed by atoms with Crippen molar-refractivity contribution in [3.8, 4) is 11.6 Å². The number of nitrogens with two attached hydrogens (primary N) is 1. The topological polar surface area (TPSA) is 96.3 Å². The molecule has 2 aromatic heterocycles. The van der Waals surface area contributed by atoms with E-state index in [4.69, 9.17) is 5.73 Å². The highest BCUT2D eigenvalue weighted by Gasteiger charge is 2.14. The normalized spacial score (nSPS) is 11.2. The van der Waals surface area contributed by atoms with E-state index >= 15 is 0 Å². The first kappa shape index (κ1) is 9.70. The first-order valence-corrected chi connectivity index (χ1v) is 4.67. The Morgan fingerprint density at radius 1 is 1.12 bits per heavy atom. The molecule has 3 aromatic rings. The van der Waals surface area contributed by atoms with E-state index in [1.807, 2.05) is 0 Å². The Bertz CT molecular complexity index is 701. The number of hydrogen-bond acceptors (Lipinski definition) is 4. The van der Waals surface area contributed by atoms with Crippen LogP contribution in [-0.4, -0.2) is 25.1 Å². The van der Waals surface area contributed by atoms with Crippen molar-refractivity contribution in [1.29, 1.82) is 0 Å². The van der Waals surface area contributed by atoms with Crippen LogP contribution in [0.1, 0.15) is 0 Å². The number of nitrogens with zero attached hydrogens (tertiary/aromatic N) is 3. The average molecular weight is 236 g/mol. The molecule has 6 nitrogen and oxygen atoms in total. The number of hydrogen-bond donors (Lipinski definition) is 3. The summed E-state index contributed by atoms with van der Waals surface area (Å²) in [6, 6.07) is 2.42. The summed E-state index contributed by atoms with van der Waals surface area (Å²) in [4.78, 5) is 10.5. The van der Waals surface area contributed by atoms with E-state index in [0.29, 0.717) is 5.52 Å². The Balaban J connectivity index is 2.23. The number of nitrogens with one attached hydrogen (secondary N) is 2. The van der Waals surface area contributed by atoms with Crippen molar-refractivity contribution in [3.63, 3.8) is 0 Å². The summed E-state index contributed by atoms with van der Waals surface area (Å²) in [6.07, 6.45) is 0. The van der Waals surface area contributed by atoms with Crippen LogP contribution in [0.4, 0.5) is 14.7 Å². The van der Waals surface area contributed by atoms with Crippen LogP contribution in [0, 0.1) is 11.6 Å². The maximum Gasteiger partial charge on any atom is 0.239 e. The third-order valence-corrected chi connectivity index (χ3v) is 2.27. The summed E-state index contributed by atoms with van der Waals surface area (Å²) < 4.78 is 26.4. The van der Waals surface area contributed by atoms with Gasteiger partial charge in [-0.2, -0.15) is 4.98 Å². The number of fused-ring (bicyclic) bond motifs is 1. The van der Waals surface area contributed by atoms with E-state index < -0.39 is 11.6 Å². The highest BCUT2D eigenvalue weighted by molar-refractivity contribution is 5.78. The van der Waals surface area contributed by atoms with Gasteiger partial charge in [0.15, 0.2) is 23.3 Å². The largest absolute Gasteiger partial charge is 0.366 e. The molecule has 0 bridgehead atoms. The second kappa shape index (κ2) is 3.24. The van der Waals surface area contributed by atoms with Crippen molar-refractivity contribution in [2.24, 2.45) is 0 Å². The first-order chi connectivity index (χ1) is 8.15. The molecule has 0 saturated carbocycles. The smallest absolute Gasteiger partial charge is 0.239 e. The van der Waals surface area contributed by atoms with Gasteiger partial charge in [0, 0.05) is 0 Å². The zero-order chi connectivity index (χ0) is 12.0. The number of aromatic nitrogens is 5. The van der Waals surface area contributed by atoms with Crippen LogP contribution in [0.3, 0.4) is 0 Å².